The lowest BCUT2D eigenvalue weighted by Crippen LogP contribution is -2.48. The summed E-state index contributed by atoms with van der Waals surface area (Å²) in [6, 6.07) is 8.01. The number of carbonyl (C=O) groups is 1. The number of rotatable bonds is 5. The van der Waals surface area contributed by atoms with Crippen molar-refractivity contribution in [2.45, 2.75) is 25.8 Å². The molecule has 1 fully saturated rings. The number of nitrogens with two attached hydrogens (primary N) is 1. The van der Waals surface area contributed by atoms with Gasteiger partial charge in [0.2, 0.25) is 5.91 Å². The molecule has 0 spiro atoms. The Hall–Kier alpha value is -1.39. The molecule has 0 aromatic heterocycles. The molecule has 4 nitrogen and oxygen atoms in total. The van der Waals surface area contributed by atoms with Crippen molar-refractivity contribution in [2.24, 2.45) is 5.73 Å². The third-order valence-corrected chi connectivity index (χ3v) is 3.62. The van der Waals surface area contributed by atoms with Gasteiger partial charge in [0.05, 0.1) is 0 Å². The highest BCUT2D eigenvalue weighted by molar-refractivity contribution is 5.81. The van der Waals surface area contributed by atoms with E-state index in [-0.39, 0.29) is 11.9 Å². The molecule has 104 valence electrons. The first-order valence-electron chi connectivity index (χ1n) is 7.05. The van der Waals surface area contributed by atoms with Crippen LogP contribution in [0, 0.1) is 0 Å². The summed E-state index contributed by atoms with van der Waals surface area (Å²) >= 11 is 0. The van der Waals surface area contributed by atoms with Crippen LogP contribution in [-0.4, -0.2) is 37.0 Å². The Morgan fingerprint density at radius 1 is 1.32 bits per heavy atom. The molecule has 1 aliphatic rings. The average Bonchev–Trinajstić information content (AvgIpc) is 2.42. The molecule has 4 heteroatoms. The second-order valence-electron chi connectivity index (χ2n) is 5.08. The predicted octanol–water partition coefficient (Wildman–Crippen LogP) is 1.07. The summed E-state index contributed by atoms with van der Waals surface area (Å²) in [5.41, 5.74) is 7.92. The van der Waals surface area contributed by atoms with Crippen molar-refractivity contribution < 1.29 is 4.79 Å². The molecule has 0 aliphatic carbocycles. The van der Waals surface area contributed by atoms with Crippen molar-refractivity contribution in [1.29, 1.82) is 0 Å². The molecular formula is C15H23N3O. The highest BCUT2D eigenvalue weighted by Crippen LogP contribution is 2.21. The number of piperazine rings is 1. The summed E-state index contributed by atoms with van der Waals surface area (Å²) in [5, 5.41) is 3.29. The predicted molar refractivity (Wildman–Crippen MR) is 76.8 cm³/mol. The maximum Gasteiger partial charge on any atom is 0.239 e. The van der Waals surface area contributed by atoms with Gasteiger partial charge in [-0.1, -0.05) is 37.6 Å². The van der Waals surface area contributed by atoms with Gasteiger partial charge in [-0.05, 0) is 17.5 Å². The number of hydrogen-bond donors (Lipinski definition) is 2. The molecule has 0 bridgehead atoms. The van der Waals surface area contributed by atoms with Gasteiger partial charge in [-0.25, -0.2) is 0 Å². The largest absolute Gasteiger partial charge is 0.368 e. The smallest absolute Gasteiger partial charge is 0.239 e. The summed E-state index contributed by atoms with van der Waals surface area (Å²) in [7, 11) is 0. The van der Waals surface area contributed by atoms with Crippen molar-refractivity contribution in [2.75, 3.05) is 26.2 Å². The highest BCUT2D eigenvalue weighted by Gasteiger charge is 2.26. The normalized spacial score (nSPS) is 18.2. The monoisotopic (exact) mass is 261 g/mol. The topological polar surface area (TPSA) is 58.4 Å². The van der Waals surface area contributed by atoms with Gasteiger partial charge in [0.25, 0.3) is 0 Å². The molecule has 2 rings (SSSR count). The standard InChI is InChI=1S/C15H23N3O/c1-2-3-12-4-6-13(7-5-12)14(15(16)19)18-10-8-17-9-11-18/h4-7,14,17H,2-3,8-11H2,1H3,(H2,16,19). The number of nitrogens with one attached hydrogen (secondary N) is 1. The molecule has 1 aliphatic heterocycles. The van der Waals surface area contributed by atoms with E-state index in [0.717, 1.165) is 44.6 Å². The van der Waals surface area contributed by atoms with Crippen molar-refractivity contribution in [3.05, 3.63) is 35.4 Å². The van der Waals surface area contributed by atoms with E-state index < -0.39 is 0 Å². The minimum atomic E-state index is -0.294. The van der Waals surface area contributed by atoms with Crippen molar-refractivity contribution in [3.8, 4) is 0 Å². The van der Waals surface area contributed by atoms with Crippen LogP contribution in [0.3, 0.4) is 0 Å². The summed E-state index contributed by atoms with van der Waals surface area (Å²) < 4.78 is 0. The zero-order valence-electron chi connectivity index (χ0n) is 11.6. The van der Waals surface area contributed by atoms with E-state index in [1.165, 1.54) is 5.56 Å². The van der Waals surface area contributed by atoms with Crippen molar-refractivity contribution in [3.63, 3.8) is 0 Å². The first-order valence-corrected chi connectivity index (χ1v) is 7.05. The SMILES string of the molecule is CCCc1ccc(C(C(N)=O)N2CCNCC2)cc1. The molecular weight excluding hydrogens is 238 g/mol. The van der Waals surface area contributed by atoms with E-state index in [4.69, 9.17) is 5.73 Å². The van der Waals surface area contributed by atoms with Crippen LogP contribution in [0.4, 0.5) is 0 Å². The molecule has 1 unspecified atom stereocenters. The summed E-state index contributed by atoms with van der Waals surface area (Å²) in [4.78, 5) is 13.9. The molecule has 1 aromatic carbocycles. The molecule has 3 N–H and O–H groups in total. The molecule has 1 aromatic rings. The van der Waals surface area contributed by atoms with Crippen LogP contribution in [0.1, 0.15) is 30.5 Å². The van der Waals surface area contributed by atoms with Gasteiger partial charge in [-0.15, -0.1) is 0 Å². The van der Waals surface area contributed by atoms with E-state index in [0.29, 0.717) is 0 Å². The van der Waals surface area contributed by atoms with Crippen molar-refractivity contribution >= 4 is 5.91 Å². The molecule has 0 saturated carbocycles. The number of carbonyl (C=O) groups excluding carboxylic acids is 1. The van der Waals surface area contributed by atoms with E-state index >= 15 is 0 Å². The van der Waals surface area contributed by atoms with E-state index in [1.807, 2.05) is 12.1 Å². The van der Waals surface area contributed by atoms with Crippen LogP contribution in [0.25, 0.3) is 0 Å². The molecule has 1 atom stereocenters. The van der Waals surface area contributed by atoms with Crippen LogP contribution in [0.5, 0.6) is 0 Å². The quantitative estimate of drug-likeness (QED) is 0.833. The van der Waals surface area contributed by atoms with Gasteiger partial charge in [-0.2, -0.15) is 0 Å². The van der Waals surface area contributed by atoms with E-state index in [1.54, 1.807) is 0 Å². The Kier molecular flexibility index (Phi) is 4.93. The maximum absolute atomic E-state index is 11.8. The fourth-order valence-electron chi connectivity index (χ4n) is 2.65. The Labute approximate surface area is 115 Å². The number of hydrogen-bond acceptors (Lipinski definition) is 3. The van der Waals surface area contributed by atoms with Crippen LogP contribution < -0.4 is 11.1 Å². The Morgan fingerprint density at radius 3 is 2.47 bits per heavy atom. The molecule has 19 heavy (non-hydrogen) atoms. The van der Waals surface area contributed by atoms with Gasteiger partial charge >= 0.3 is 0 Å². The van der Waals surface area contributed by atoms with Gasteiger partial charge in [-0.3, -0.25) is 9.69 Å². The van der Waals surface area contributed by atoms with Crippen LogP contribution >= 0.6 is 0 Å². The van der Waals surface area contributed by atoms with Gasteiger partial charge in [0.1, 0.15) is 6.04 Å². The van der Waals surface area contributed by atoms with Gasteiger partial charge < -0.3 is 11.1 Å². The third-order valence-electron chi connectivity index (χ3n) is 3.62. The Bertz CT molecular complexity index is 410. The van der Waals surface area contributed by atoms with Crippen molar-refractivity contribution in [1.82, 2.24) is 10.2 Å². The molecule has 0 radical (unpaired) electrons. The summed E-state index contributed by atoms with van der Waals surface area (Å²) in [6.45, 7) is 5.73. The third kappa shape index (κ3) is 3.55. The Balaban J connectivity index is 2.15. The number of aryl methyl sites for hydroxylation is 1. The zero-order chi connectivity index (χ0) is 13.7. The fourth-order valence-corrected chi connectivity index (χ4v) is 2.65. The lowest BCUT2D eigenvalue weighted by Gasteiger charge is -2.33. The highest BCUT2D eigenvalue weighted by atomic mass is 16.1. The van der Waals surface area contributed by atoms with E-state index in [2.05, 4.69) is 29.3 Å². The molecule has 1 amide bonds. The second kappa shape index (κ2) is 6.68. The molecule has 1 saturated heterocycles. The number of benzene rings is 1. The summed E-state index contributed by atoms with van der Waals surface area (Å²) in [6.07, 6.45) is 2.21. The minimum absolute atomic E-state index is 0.259. The first-order chi connectivity index (χ1) is 9.22. The van der Waals surface area contributed by atoms with E-state index in [9.17, 15) is 4.79 Å². The zero-order valence-corrected chi connectivity index (χ0v) is 11.6. The molecule has 1 heterocycles. The number of nitrogens with zero attached hydrogens (tertiary/aromatic N) is 1. The van der Waals surface area contributed by atoms with Gasteiger partial charge in [0, 0.05) is 26.2 Å². The van der Waals surface area contributed by atoms with Crippen LogP contribution in [-0.2, 0) is 11.2 Å². The average molecular weight is 261 g/mol. The summed E-state index contributed by atoms with van der Waals surface area (Å²) in [5.74, 6) is -0.259. The first kappa shape index (κ1) is 14.0. The number of amides is 1. The van der Waals surface area contributed by atoms with Crippen LogP contribution in [0.15, 0.2) is 24.3 Å². The second-order valence-corrected chi connectivity index (χ2v) is 5.08. The lowest BCUT2D eigenvalue weighted by atomic mass is 10.0. The lowest BCUT2D eigenvalue weighted by molar-refractivity contribution is -0.123. The Morgan fingerprint density at radius 2 is 1.95 bits per heavy atom. The maximum atomic E-state index is 11.8. The number of primary amides is 1. The van der Waals surface area contributed by atoms with Gasteiger partial charge in [0.15, 0.2) is 0 Å². The van der Waals surface area contributed by atoms with Crippen LogP contribution in [0.2, 0.25) is 0 Å². The fraction of sp³-hybridized carbons (Fsp3) is 0.533. The minimum Gasteiger partial charge on any atom is -0.368 e.